The van der Waals surface area contributed by atoms with Gasteiger partial charge in [0.05, 0.1) is 6.54 Å². The van der Waals surface area contributed by atoms with Crippen LogP contribution in [0, 0.1) is 12.3 Å². The Morgan fingerprint density at radius 3 is 2.67 bits per heavy atom. The summed E-state index contributed by atoms with van der Waals surface area (Å²) in [5, 5.41) is 14.4. The predicted octanol–water partition coefficient (Wildman–Crippen LogP) is 1.00. The van der Waals surface area contributed by atoms with Crippen LogP contribution in [0.25, 0.3) is 0 Å². The molecule has 5 nitrogen and oxygen atoms in total. The molecular weight excluding hydrogens is 268 g/mol. The van der Waals surface area contributed by atoms with E-state index in [4.69, 9.17) is 5.11 Å². The van der Waals surface area contributed by atoms with Gasteiger partial charge in [-0.3, -0.25) is 9.59 Å². The first-order valence-corrected chi connectivity index (χ1v) is 7.27. The maximum atomic E-state index is 11.9. The normalized spacial score (nSPS) is 15.3. The monoisotopic (exact) mass is 290 g/mol. The number of aliphatic hydroxyl groups is 1. The van der Waals surface area contributed by atoms with Gasteiger partial charge in [-0.2, -0.15) is 0 Å². The maximum Gasteiger partial charge on any atom is 0.251 e. The first-order chi connectivity index (χ1) is 10.0. The number of carbonyl (C=O) groups excluding carboxylic acids is 2. The van der Waals surface area contributed by atoms with Crippen molar-refractivity contribution < 1.29 is 14.7 Å². The summed E-state index contributed by atoms with van der Waals surface area (Å²) in [5.41, 5.74) is 1.65. The Bertz CT molecular complexity index is 524. The fourth-order valence-corrected chi connectivity index (χ4v) is 2.33. The van der Waals surface area contributed by atoms with Gasteiger partial charge in [0.2, 0.25) is 5.91 Å². The van der Waals surface area contributed by atoms with Crippen molar-refractivity contribution >= 4 is 11.8 Å². The highest BCUT2D eigenvalue weighted by atomic mass is 16.3. The Labute approximate surface area is 124 Å². The van der Waals surface area contributed by atoms with E-state index in [0.29, 0.717) is 12.1 Å². The zero-order valence-corrected chi connectivity index (χ0v) is 12.3. The van der Waals surface area contributed by atoms with E-state index in [9.17, 15) is 9.59 Å². The number of nitrogens with one attached hydrogen (secondary N) is 2. The molecule has 0 unspecified atom stereocenters. The van der Waals surface area contributed by atoms with E-state index in [-0.39, 0.29) is 30.4 Å². The topological polar surface area (TPSA) is 78.4 Å². The molecule has 2 rings (SSSR count). The zero-order chi connectivity index (χ0) is 15.3. The quantitative estimate of drug-likeness (QED) is 0.701. The van der Waals surface area contributed by atoms with Crippen molar-refractivity contribution in [2.45, 2.75) is 26.2 Å². The lowest BCUT2D eigenvalue weighted by Gasteiger charge is -2.14. The second kappa shape index (κ2) is 6.72. The van der Waals surface area contributed by atoms with Crippen molar-refractivity contribution in [3.05, 3.63) is 35.4 Å². The summed E-state index contributed by atoms with van der Waals surface area (Å²) >= 11 is 0. The van der Waals surface area contributed by atoms with Gasteiger partial charge in [-0.05, 0) is 43.7 Å². The number of amides is 2. The highest BCUT2D eigenvalue weighted by Gasteiger charge is 2.41. The molecule has 0 spiro atoms. The summed E-state index contributed by atoms with van der Waals surface area (Å²) in [6.07, 6.45) is 2.82. The van der Waals surface area contributed by atoms with Gasteiger partial charge >= 0.3 is 0 Å². The molecule has 0 aliphatic heterocycles. The number of aliphatic hydroxyl groups excluding tert-OH is 1. The SMILES string of the molecule is Cc1cccc(C(=O)NCC(=O)NCC2(CCO)CC2)c1. The van der Waals surface area contributed by atoms with E-state index < -0.39 is 0 Å². The second-order valence-corrected chi connectivity index (χ2v) is 5.80. The van der Waals surface area contributed by atoms with Crippen LogP contribution in [0.2, 0.25) is 0 Å². The highest BCUT2D eigenvalue weighted by molar-refractivity contribution is 5.96. The molecule has 1 aliphatic rings. The van der Waals surface area contributed by atoms with Crippen molar-refractivity contribution in [2.75, 3.05) is 19.7 Å². The maximum absolute atomic E-state index is 11.9. The lowest BCUT2D eigenvalue weighted by molar-refractivity contribution is -0.120. The number of benzene rings is 1. The van der Waals surface area contributed by atoms with E-state index in [1.54, 1.807) is 12.1 Å². The third kappa shape index (κ3) is 4.56. The van der Waals surface area contributed by atoms with E-state index in [1.165, 1.54) is 0 Å². The van der Waals surface area contributed by atoms with Gasteiger partial charge in [0.25, 0.3) is 5.91 Å². The molecular formula is C16H22N2O3. The first-order valence-electron chi connectivity index (χ1n) is 7.27. The van der Waals surface area contributed by atoms with Crippen LogP contribution in [0.3, 0.4) is 0 Å². The zero-order valence-electron chi connectivity index (χ0n) is 12.3. The minimum absolute atomic E-state index is 0.0258. The molecule has 1 aromatic rings. The van der Waals surface area contributed by atoms with Crippen LogP contribution < -0.4 is 10.6 Å². The lowest BCUT2D eigenvalue weighted by atomic mass is 10.0. The molecule has 0 aromatic heterocycles. The Morgan fingerprint density at radius 2 is 2.05 bits per heavy atom. The fourth-order valence-electron chi connectivity index (χ4n) is 2.33. The van der Waals surface area contributed by atoms with Gasteiger partial charge in [-0.15, -0.1) is 0 Å². The van der Waals surface area contributed by atoms with Gasteiger partial charge in [0.15, 0.2) is 0 Å². The van der Waals surface area contributed by atoms with Crippen LogP contribution >= 0.6 is 0 Å². The average molecular weight is 290 g/mol. The van der Waals surface area contributed by atoms with Crippen molar-refractivity contribution in [3.63, 3.8) is 0 Å². The van der Waals surface area contributed by atoms with E-state index in [2.05, 4.69) is 10.6 Å². The summed E-state index contributed by atoms with van der Waals surface area (Å²) in [4.78, 5) is 23.6. The molecule has 1 aromatic carbocycles. The molecule has 0 bridgehead atoms. The predicted molar refractivity (Wildman–Crippen MR) is 79.9 cm³/mol. The number of rotatable bonds is 7. The van der Waals surface area contributed by atoms with Crippen LogP contribution in [0.5, 0.6) is 0 Å². The number of aryl methyl sites for hydroxylation is 1. The Hall–Kier alpha value is -1.88. The minimum atomic E-state index is -0.245. The van der Waals surface area contributed by atoms with Crippen molar-refractivity contribution in [1.29, 1.82) is 0 Å². The highest BCUT2D eigenvalue weighted by Crippen LogP contribution is 2.47. The summed E-state index contributed by atoms with van der Waals surface area (Å²) in [5.74, 6) is -0.439. The van der Waals surface area contributed by atoms with Gasteiger partial charge in [0.1, 0.15) is 0 Å². The third-order valence-corrected chi connectivity index (χ3v) is 3.95. The molecule has 1 saturated carbocycles. The van der Waals surface area contributed by atoms with Gasteiger partial charge in [0, 0.05) is 18.7 Å². The molecule has 0 radical (unpaired) electrons. The Kier molecular flexibility index (Phi) is 4.96. The van der Waals surface area contributed by atoms with Gasteiger partial charge in [-0.1, -0.05) is 17.7 Å². The first kappa shape index (κ1) is 15.5. The molecule has 0 saturated heterocycles. The molecule has 3 N–H and O–H groups in total. The second-order valence-electron chi connectivity index (χ2n) is 5.80. The fraction of sp³-hybridized carbons (Fsp3) is 0.500. The van der Waals surface area contributed by atoms with Gasteiger partial charge in [-0.25, -0.2) is 0 Å². The van der Waals surface area contributed by atoms with Crippen molar-refractivity contribution in [3.8, 4) is 0 Å². The van der Waals surface area contributed by atoms with Crippen molar-refractivity contribution in [1.82, 2.24) is 10.6 Å². The molecule has 1 aliphatic carbocycles. The number of hydrogen-bond acceptors (Lipinski definition) is 3. The van der Waals surface area contributed by atoms with E-state index in [0.717, 1.165) is 24.8 Å². The Morgan fingerprint density at radius 1 is 1.29 bits per heavy atom. The summed E-state index contributed by atoms with van der Waals surface area (Å²) in [7, 11) is 0. The van der Waals surface area contributed by atoms with Crippen LogP contribution in [0.1, 0.15) is 35.2 Å². The van der Waals surface area contributed by atoms with Crippen molar-refractivity contribution in [2.24, 2.45) is 5.41 Å². The molecule has 2 amide bonds. The lowest BCUT2D eigenvalue weighted by Crippen LogP contribution is -2.39. The third-order valence-electron chi connectivity index (χ3n) is 3.95. The average Bonchev–Trinajstić information content (AvgIpc) is 3.23. The number of hydrogen-bond donors (Lipinski definition) is 3. The van der Waals surface area contributed by atoms with Crippen LogP contribution in [-0.2, 0) is 4.79 Å². The molecule has 114 valence electrons. The molecule has 0 atom stereocenters. The van der Waals surface area contributed by atoms with E-state index in [1.807, 2.05) is 19.1 Å². The van der Waals surface area contributed by atoms with Crippen LogP contribution in [0.15, 0.2) is 24.3 Å². The summed E-state index contributed by atoms with van der Waals surface area (Å²) in [6.45, 7) is 2.62. The van der Waals surface area contributed by atoms with E-state index >= 15 is 0 Å². The minimum Gasteiger partial charge on any atom is -0.396 e. The smallest absolute Gasteiger partial charge is 0.251 e. The summed E-state index contributed by atoms with van der Waals surface area (Å²) < 4.78 is 0. The molecule has 21 heavy (non-hydrogen) atoms. The number of carbonyl (C=O) groups is 2. The Balaban J connectivity index is 1.73. The van der Waals surface area contributed by atoms with Crippen LogP contribution in [0.4, 0.5) is 0 Å². The largest absolute Gasteiger partial charge is 0.396 e. The van der Waals surface area contributed by atoms with Gasteiger partial charge < -0.3 is 15.7 Å². The molecule has 1 fully saturated rings. The molecule has 5 heteroatoms. The standard InChI is InChI=1S/C16H22N2O3/c1-12-3-2-4-13(9-12)15(21)17-10-14(20)18-11-16(5-6-16)7-8-19/h2-4,9,19H,5-8,10-11H2,1H3,(H,17,21)(H,18,20). The summed E-state index contributed by atoms with van der Waals surface area (Å²) in [6, 6.07) is 7.24. The molecule has 0 heterocycles. The van der Waals surface area contributed by atoms with Crippen LogP contribution in [-0.4, -0.2) is 36.6 Å².